The van der Waals surface area contributed by atoms with Crippen LogP contribution in [0.2, 0.25) is 0 Å². The van der Waals surface area contributed by atoms with Crippen molar-refractivity contribution in [3.63, 3.8) is 0 Å². The SMILES string of the molecule is COc1cc2c(cc1OC)S[C@@]1(c3ccccc3C)[C@H](Cl)C(=O)N1C2. The monoisotopic (exact) mass is 375 g/mol. The molecule has 2 aromatic rings. The molecule has 1 amide bonds. The van der Waals surface area contributed by atoms with Gasteiger partial charge in [0.2, 0.25) is 5.91 Å². The number of aryl methyl sites for hydroxylation is 1. The van der Waals surface area contributed by atoms with Gasteiger partial charge in [-0.05, 0) is 35.7 Å². The molecule has 0 bridgehead atoms. The summed E-state index contributed by atoms with van der Waals surface area (Å²) in [4.78, 5) is 14.9. The molecule has 1 saturated heterocycles. The largest absolute Gasteiger partial charge is 0.493 e. The van der Waals surface area contributed by atoms with Gasteiger partial charge >= 0.3 is 0 Å². The summed E-state index contributed by atoms with van der Waals surface area (Å²) in [6.07, 6.45) is 0. The molecule has 2 heterocycles. The summed E-state index contributed by atoms with van der Waals surface area (Å²) in [7, 11) is 3.24. The maximum atomic E-state index is 12.5. The van der Waals surface area contributed by atoms with E-state index in [-0.39, 0.29) is 5.91 Å². The number of ether oxygens (including phenoxy) is 2. The lowest BCUT2D eigenvalue weighted by Gasteiger charge is -2.57. The lowest BCUT2D eigenvalue weighted by molar-refractivity contribution is -0.150. The van der Waals surface area contributed by atoms with Crippen molar-refractivity contribution in [2.75, 3.05) is 14.2 Å². The summed E-state index contributed by atoms with van der Waals surface area (Å²) >= 11 is 8.19. The first-order chi connectivity index (χ1) is 12.0. The number of alkyl halides is 1. The van der Waals surface area contributed by atoms with Crippen molar-refractivity contribution in [2.24, 2.45) is 0 Å². The van der Waals surface area contributed by atoms with E-state index < -0.39 is 10.2 Å². The van der Waals surface area contributed by atoms with Crippen LogP contribution in [0.25, 0.3) is 0 Å². The van der Waals surface area contributed by atoms with Crippen LogP contribution in [-0.2, 0) is 16.2 Å². The quantitative estimate of drug-likeness (QED) is 0.602. The van der Waals surface area contributed by atoms with Crippen LogP contribution in [0.4, 0.5) is 0 Å². The van der Waals surface area contributed by atoms with E-state index in [2.05, 4.69) is 19.1 Å². The summed E-state index contributed by atoms with van der Waals surface area (Å²) in [5.41, 5.74) is 3.26. The summed E-state index contributed by atoms with van der Waals surface area (Å²) < 4.78 is 10.8. The Morgan fingerprint density at radius 3 is 2.56 bits per heavy atom. The van der Waals surface area contributed by atoms with Gasteiger partial charge in [0.25, 0.3) is 0 Å². The predicted octanol–water partition coefficient (Wildman–Crippen LogP) is 3.92. The zero-order valence-electron chi connectivity index (χ0n) is 14.2. The number of amides is 1. The highest BCUT2D eigenvalue weighted by Gasteiger charge is 2.63. The van der Waals surface area contributed by atoms with Crippen molar-refractivity contribution >= 4 is 29.3 Å². The highest BCUT2D eigenvalue weighted by Crippen LogP contribution is 2.60. The van der Waals surface area contributed by atoms with Crippen LogP contribution in [0.15, 0.2) is 41.3 Å². The minimum atomic E-state index is -0.583. The number of fused-ring (bicyclic) bond motifs is 2. The van der Waals surface area contributed by atoms with Crippen molar-refractivity contribution in [3.05, 3.63) is 53.1 Å². The Kier molecular flexibility index (Phi) is 3.89. The molecule has 130 valence electrons. The maximum Gasteiger partial charge on any atom is 0.246 e. The molecule has 1 fully saturated rings. The average Bonchev–Trinajstić information content (AvgIpc) is 2.65. The average molecular weight is 376 g/mol. The van der Waals surface area contributed by atoms with E-state index in [1.807, 2.05) is 29.2 Å². The fraction of sp³-hybridized carbons (Fsp3) is 0.316. The molecule has 0 aliphatic carbocycles. The van der Waals surface area contributed by atoms with Gasteiger partial charge in [0.05, 0.1) is 14.2 Å². The van der Waals surface area contributed by atoms with Crippen molar-refractivity contribution in [1.29, 1.82) is 0 Å². The molecular formula is C19H18ClNO3S. The van der Waals surface area contributed by atoms with Gasteiger partial charge < -0.3 is 14.4 Å². The Balaban J connectivity index is 1.87. The second-order valence-corrected chi connectivity index (χ2v) is 7.92. The Morgan fingerprint density at radius 1 is 1.20 bits per heavy atom. The smallest absolute Gasteiger partial charge is 0.246 e. The number of thioether (sulfide) groups is 1. The van der Waals surface area contributed by atoms with Gasteiger partial charge in [0.15, 0.2) is 11.5 Å². The first-order valence-electron chi connectivity index (χ1n) is 7.98. The standard InChI is InChI=1S/C19H18ClNO3S/c1-11-6-4-5-7-13(11)19-17(20)18(22)21(19)10-12-8-14(23-2)15(24-3)9-16(12)25-19/h4-9,17H,10H2,1-3H3/t17-,19+/m1/s1. The number of methoxy groups -OCH3 is 2. The predicted molar refractivity (Wildman–Crippen MR) is 98.5 cm³/mol. The van der Waals surface area contributed by atoms with E-state index in [1.54, 1.807) is 26.0 Å². The Morgan fingerprint density at radius 2 is 1.88 bits per heavy atom. The zero-order valence-corrected chi connectivity index (χ0v) is 15.8. The Bertz CT molecular complexity index is 872. The zero-order chi connectivity index (χ0) is 17.8. The number of β-lactam (4-membered cyclic amide) rings is 1. The third kappa shape index (κ3) is 2.19. The number of benzene rings is 2. The van der Waals surface area contributed by atoms with Crippen LogP contribution in [0.5, 0.6) is 11.5 Å². The van der Waals surface area contributed by atoms with Crippen LogP contribution in [0.3, 0.4) is 0 Å². The van der Waals surface area contributed by atoms with Gasteiger partial charge in [-0.15, -0.1) is 11.6 Å². The molecule has 0 aromatic heterocycles. The lowest BCUT2D eigenvalue weighted by atomic mass is 9.88. The van der Waals surface area contributed by atoms with Crippen molar-refractivity contribution in [1.82, 2.24) is 4.90 Å². The lowest BCUT2D eigenvalue weighted by Crippen LogP contribution is -2.69. The molecule has 25 heavy (non-hydrogen) atoms. The topological polar surface area (TPSA) is 38.8 Å². The van der Waals surface area contributed by atoms with Gasteiger partial charge in [0, 0.05) is 11.4 Å². The van der Waals surface area contributed by atoms with Crippen LogP contribution < -0.4 is 9.47 Å². The second kappa shape index (κ2) is 5.85. The normalized spacial score (nSPS) is 24.2. The van der Waals surface area contributed by atoms with E-state index in [9.17, 15) is 4.79 Å². The molecule has 4 rings (SSSR count). The van der Waals surface area contributed by atoms with Gasteiger partial charge in [-0.3, -0.25) is 4.79 Å². The number of nitrogens with zero attached hydrogens (tertiary/aromatic N) is 1. The summed E-state index contributed by atoms with van der Waals surface area (Å²) in [5.74, 6) is 1.32. The third-order valence-corrected chi connectivity index (χ3v) is 7.14. The van der Waals surface area contributed by atoms with Gasteiger partial charge in [-0.2, -0.15) is 0 Å². The number of hydrogen-bond donors (Lipinski definition) is 0. The summed E-state index contributed by atoms with van der Waals surface area (Å²) in [6.45, 7) is 2.57. The molecule has 0 spiro atoms. The summed E-state index contributed by atoms with van der Waals surface area (Å²) in [5, 5.41) is -0.583. The third-order valence-electron chi connectivity index (χ3n) is 4.92. The fourth-order valence-corrected chi connectivity index (χ4v) is 5.66. The van der Waals surface area contributed by atoms with E-state index >= 15 is 0 Å². The molecule has 0 unspecified atom stereocenters. The molecule has 6 heteroatoms. The van der Waals surface area contributed by atoms with Crippen LogP contribution in [0.1, 0.15) is 16.7 Å². The summed E-state index contributed by atoms with van der Waals surface area (Å²) in [6, 6.07) is 12.0. The minimum absolute atomic E-state index is 0.0298. The first-order valence-corrected chi connectivity index (χ1v) is 9.23. The van der Waals surface area contributed by atoms with Crippen LogP contribution >= 0.6 is 23.4 Å². The van der Waals surface area contributed by atoms with Crippen molar-refractivity contribution < 1.29 is 14.3 Å². The first kappa shape index (κ1) is 16.6. The molecule has 4 nitrogen and oxygen atoms in total. The Hall–Kier alpha value is -1.85. The molecular weight excluding hydrogens is 358 g/mol. The van der Waals surface area contributed by atoms with Gasteiger partial charge in [-0.1, -0.05) is 36.0 Å². The number of carbonyl (C=O) groups is 1. The van der Waals surface area contributed by atoms with Crippen molar-refractivity contribution in [3.8, 4) is 11.5 Å². The highest BCUT2D eigenvalue weighted by molar-refractivity contribution is 8.00. The van der Waals surface area contributed by atoms with E-state index in [4.69, 9.17) is 21.1 Å². The molecule has 2 aliphatic heterocycles. The molecule has 0 saturated carbocycles. The fourth-order valence-electron chi connectivity index (χ4n) is 3.61. The highest BCUT2D eigenvalue weighted by atomic mass is 35.5. The van der Waals surface area contributed by atoms with Gasteiger partial charge in [-0.25, -0.2) is 0 Å². The molecule has 2 aromatic carbocycles. The molecule has 0 N–H and O–H groups in total. The van der Waals surface area contributed by atoms with Crippen LogP contribution in [-0.4, -0.2) is 30.4 Å². The minimum Gasteiger partial charge on any atom is -0.493 e. The van der Waals surface area contributed by atoms with Crippen LogP contribution in [0, 0.1) is 6.92 Å². The van der Waals surface area contributed by atoms with Gasteiger partial charge in [0.1, 0.15) is 10.2 Å². The second-order valence-electron chi connectivity index (χ2n) is 6.22. The van der Waals surface area contributed by atoms with Crippen molar-refractivity contribution in [2.45, 2.75) is 28.6 Å². The number of rotatable bonds is 3. The maximum absolute atomic E-state index is 12.5. The molecule has 2 atom stereocenters. The number of carbonyl (C=O) groups excluding carboxylic acids is 1. The van der Waals surface area contributed by atoms with E-state index in [0.717, 1.165) is 21.6 Å². The molecule has 2 aliphatic rings. The van der Waals surface area contributed by atoms with E-state index in [0.29, 0.717) is 18.0 Å². The Labute approximate surface area is 156 Å². The molecule has 0 radical (unpaired) electrons. The van der Waals surface area contributed by atoms with E-state index in [1.165, 1.54) is 0 Å². The number of halogens is 1. The number of hydrogen-bond acceptors (Lipinski definition) is 4.